The summed E-state index contributed by atoms with van der Waals surface area (Å²) in [5, 5.41) is 0. The van der Waals surface area contributed by atoms with Gasteiger partial charge in [-0.2, -0.15) is 0 Å². The summed E-state index contributed by atoms with van der Waals surface area (Å²) in [6.45, 7) is 0. The summed E-state index contributed by atoms with van der Waals surface area (Å²) in [6.07, 6.45) is 0. The van der Waals surface area contributed by atoms with Crippen molar-refractivity contribution in [1.82, 2.24) is 0 Å². The minimum Gasteiger partial charge on any atom is -0.368 e. The summed E-state index contributed by atoms with van der Waals surface area (Å²) in [7, 11) is -4.61. The van der Waals surface area contributed by atoms with Gasteiger partial charge in [0.25, 0.3) is 0 Å². The second-order valence-corrected chi connectivity index (χ2v) is 1.80. The molecule has 0 aliphatic rings. The summed E-state index contributed by atoms with van der Waals surface area (Å²) < 4.78 is 0. The van der Waals surface area contributed by atoms with Gasteiger partial charge >= 0.3 is 9.05 Å². The first-order valence-corrected chi connectivity index (χ1v) is 2.68. The predicted molar refractivity (Wildman–Crippen MR) is 14.6 cm³/mol. The van der Waals surface area contributed by atoms with Crippen LogP contribution in [0.15, 0.2) is 0 Å². The first-order chi connectivity index (χ1) is 2.00. The fourth-order valence-electron chi connectivity index (χ4n) is 0. The summed E-state index contributed by atoms with van der Waals surface area (Å²) in [6, 6.07) is 0. The van der Waals surface area contributed by atoms with Crippen LogP contribution in [0.3, 0.4) is 0 Å². The van der Waals surface area contributed by atoms with Gasteiger partial charge in [-0.05, 0) is 0 Å². The normalized spacial score (nSPS) is 8.57. The Labute approximate surface area is 62.6 Å². The molecule has 0 unspecified atom stereocenters. The van der Waals surface area contributed by atoms with Crippen molar-refractivity contribution in [2.45, 2.75) is 0 Å². The van der Waals surface area contributed by atoms with Gasteiger partial charge < -0.3 is 19.2 Å². The fourth-order valence-corrected chi connectivity index (χ4v) is 0. The van der Waals surface area contributed by atoms with Gasteiger partial charge in [-0.25, -0.2) is 0 Å². The van der Waals surface area contributed by atoms with Gasteiger partial charge in [0.1, 0.15) is 0 Å². The van der Waals surface area contributed by atoms with Gasteiger partial charge in [0.2, 0.25) is 0 Å². The summed E-state index contributed by atoms with van der Waals surface area (Å²) in [5.41, 5.74) is 0. The molecule has 0 fully saturated rings. The van der Waals surface area contributed by atoms with Crippen molar-refractivity contribution in [3.63, 3.8) is 0 Å². The minimum absolute atomic E-state index is 0. The van der Waals surface area contributed by atoms with Crippen molar-refractivity contribution in [3.05, 3.63) is 0 Å². The SMILES string of the molecule is O[Si](O)(O)O.[Cu].[Fe]. The second-order valence-electron chi connectivity index (χ2n) is 0.600. The van der Waals surface area contributed by atoms with Gasteiger partial charge in [-0.15, -0.1) is 0 Å². The molecule has 0 aliphatic carbocycles. The quantitative estimate of drug-likeness (QED) is 0.334. The van der Waals surface area contributed by atoms with Crippen LogP contribution in [-0.2, 0) is 34.1 Å². The molecule has 0 bridgehead atoms. The van der Waals surface area contributed by atoms with E-state index in [0.29, 0.717) is 0 Å². The van der Waals surface area contributed by atoms with Crippen molar-refractivity contribution >= 4 is 9.05 Å². The molecule has 0 aliphatic heterocycles. The van der Waals surface area contributed by atoms with Gasteiger partial charge in [0, 0.05) is 34.1 Å². The average molecular weight is 216 g/mol. The van der Waals surface area contributed by atoms with E-state index in [1.807, 2.05) is 0 Å². The number of rotatable bonds is 0. The summed E-state index contributed by atoms with van der Waals surface area (Å²) >= 11 is 0. The van der Waals surface area contributed by atoms with Gasteiger partial charge in [0.15, 0.2) is 0 Å². The van der Waals surface area contributed by atoms with Crippen LogP contribution >= 0.6 is 0 Å². The summed E-state index contributed by atoms with van der Waals surface area (Å²) in [5.74, 6) is 0. The molecule has 0 saturated carbocycles. The van der Waals surface area contributed by atoms with Gasteiger partial charge in [-0.3, -0.25) is 0 Å². The molecule has 4 N–H and O–H groups in total. The average Bonchev–Trinajstić information content (AvgIpc) is 0.722. The third-order valence-corrected chi connectivity index (χ3v) is 0. The zero-order valence-electron chi connectivity index (χ0n) is 2.94. The Morgan fingerprint density at radius 3 is 0.857 bits per heavy atom. The van der Waals surface area contributed by atoms with E-state index in [1.165, 1.54) is 0 Å². The molecule has 1 radical (unpaired) electrons. The van der Waals surface area contributed by atoms with Crippen molar-refractivity contribution in [2.75, 3.05) is 0 Å². The molecule has 0 atom stereocenters. The maximum atomic E-state index is 7.33. The van der Waals surface area contributed by atoms with E-state index in [-0.39, 0.29) is 34.1 Å². The zero-order valence-corrected chi connectivity index (χ0v) is 5.99. The Balaban J connectivity index is -0.0000000800. The molecule has 7 heavy (non-hydrogen) atoms. The molecule has 0 saturated heterocycles. The van der Waals surface area contributed by atoms with Crippen molar-refractivity contribution in [3.8, 4) is 0 Å². The first kappa shape index (κ1) is 15.7. The van der Waals surface area contributed by atoms with E-state index in [0.717, 1.165) is 0 Å². The molecule has 0 rings (SSSR count). The molecule has 7 heteroatoms. The van der Waals surface area contributed by atoms with E-state index < -0.39 is 9.05 Å². The van der Waals surface area contributed by atoms with E-state index in [2.05, 4.69) is 0 Å². The smallest absolute Gasteiger partial charge is 0.368 e. The van der Waals surface area contributed by atoms with E-state index in [9.17, 15) is 0 Å². The molecule has 0 heterocycles. The van der Waals surface area contributed by atoms with Crippen LogP contribution in [0.2, 0.25) is 0 Å². The topological polar surface area (TPSA) is 80.9 Å². The fraction of sp³-hybridized carbons (Fsp3) is 0. The monoisotopic (exact) mass is 215 g/mol. The standard InChI is InChI=1S/Cu.Fe.H4O4Si/c;;1-5(2,3)4/h;;1-4H. The van der Waals surface area contributed by atoms with Crippen molar-refractivity contribution in [1.29, 1.82) is 0 Å². The Bertz CT molecular complexity index is 27.2. The van der Waals surface area contributed by atoms with Crippen LogP contribution in [0.1, 0.15) is 0 Å². The maximum Gasteiger partial charge on any atom is 0.668 e. The third kappa shape index (κ3) is 153. The second kappa shape index (κ2) is 5.24. The molecule has 0 amide bonds. The van der Waals surface area contributed by atoms with Crippen LogP contribution in [0.4, 0.5) is 0 Å². The zero-order chi connectivity index (χ0) is 4.50. The molecule has 51 valence electrons. The molecular formula is H4CuFeO4Si. The Morgan fingerprint density at radius 2 is 0.857 bits per heavy atom. The Hall–Kier alpha value is 1.10. The Morgan fingerprint density at radius 1 is 0.857 bits per heavy atom. The molecule has 4 nitrogen and oxygen atoms in total. The van der Waals surface area contributed by atoms with E-state index in [4.69, 9.17) is 19.2 Å². The third-order valence-electron chi connectivity index (χ3n) is 0. The number of hydrogen-bond donors (Lipinski definition) is 4. The molecule has 0 aromatic heterocycles. The summed E-state index contributed by atoms with van der Waals surface area (Å²) in [4.78, 5) is 29.3. The van der Waals surface area contributed by atoms with Crippen LogP contribution in [-0.4, -0.2) is 28.2 Å². The molecule has 0 spiro atoms. The minimum atomic E-state index is -4.61. The largest absolute Gasteiger partial charge is 0.668 e. The number of hydrogen-bond acceptors (Lipinski definition) is 4. The van der Waals surface area contributed by atoms with Crippen molar-refractivity contribution < 1.29 is 53.3 Å². The van der Waals surface area contributed by atoms with Gasteiger partial charge in [-0.1, -0.05) is 0 Å². The molecule has 0 aromatic rings. The van der Waals surface area contributed by atoms with E-state index in [1.54, 1.807) is 0 Å². The van der Waals surface area contributed by atoms with Crippen LogP contribution in [0, 0.1) is 0 Å². The Kier molecular flexibility index (Phi) is 11.7. The van der Waals surface area contributed by atoms with Gasteiger partial charge in [0.05, 0.1) is 0 Å². The van der Waals surface area contributed by atoms with Crippen LogP contribution in [0.25, 0.3) is 0 Å². The maximum absolute atomic E-state index is 7.33. The van der Waals surface area contributed by atoms with Crippen molar-refractivity contribution in [2.24, 2.45) is 0 Å². The first-order valence-electron chi connectivity index (χ1n) is 0.894. The molecule has 0 aromatic carbocycles. The van der Waals surface area contributed by atoms with Crippen LogP contribution in [0.5, 0.6) is 0 Å². The van der Waals surface area contributed by atoms with E-state index >= 15 is 0 Å². The molecular weight excluding hydrogens is 211 g/mol. The van der Waals surface area contributed by atoms with Crippen LogP contribution < -0.4 is 0 Å². The predicted octanol–water partition coefficient (Wildman–Crippen LogP) is -2.61.